The van der Waals surface area contributed by atoms with Crippen LogP contribution in [0.1, 0.15) is 6.92 Å². The van der Waals surface area contributed by atoms with Crippen molar-refractivity contribution in [2.24, 2.45) is 5.41 Å². The summed E-state index contributed by atoms with van der Waals surface area (Å²) in [7, 11) is 0. The first-order valence-electron chi connectivity index (χ1n) is 5.94. The third kappa shape index (κ3) is 2.32. The van der Waals surface area contributed by atoms with Crippen molar-refractivity contribution >= 4 is 11.6 Å². The predicted octanol–water partition coefficient (Wildman–Crippen LogP) is 1.03. The zero-order valence-electron chi connectivity index (χ0n) is 10.3. The lowest BCUT2D eigenvalue weighted by atomic mass is 9.86. The number of hydrogen-bond acceptors (Lipinski definition) is 4. The van der Waals surface area contributed by atoms with Crippen LogP contribution in [0.15, 0.2) is 24.3 Å². The molecule has 1 heterocycles. The van der Waals surface area contributed by atoms with E-state index in [0.29, 0.717) is 18.0 Å². The highest BCUT2D eigenvalue weighted by molar-refractivity contribution is 5.97. The van der Waals surface area contributed by atoms with Crippen molar-refractivity contribution in [3.63, 3.8) is 0 Å². The number of aliphatic hydroxyl groups is 1. The first kappa shape index (κ1) is 12.9. The van der Waals surface area contributed by atoms with Crippen molar-refractivity contribution in [3.05, 3.63) is 24.3 Å². The minimum absolute atomic E-state index is 0.213. The van der Waals surface area contributed by atoms with Crippen LogP contribution in [0.4, 0.5) is 5.69 Å². The maximum absolute atomic E-state index is 12.1. The molecular weight excluding hydrogens is 234 g/mol. The number of nitrogens with one attached hydrogen (secondary N) is 1. The fourth-order valence-corrected chi connectivity index (χ4v) is 1.75. The summed E-state index contributed by atoms with van der Waals surface area (Å²) in [5.74, 6) is 0.394. The van der Waals surface area contributed by atoms with Gasteiger partial charge in [-0.1, -0.05) is 12.1 Å². The molecule has 0 aliphatic carbocycles. The van der Waals surface area contributed by atoms with Crippen LogP contribution in [-0.2, 0) is 9.53 Å². The Kier molecular flexibility index (Phi) is 3.84. The molecule has 0 atom stereocenters. The second-order valence-corrected chi connectivity index (χ2v) is 4.31. The lowest BCUT2D eigenvalue weighted by Gasteiger charge is -2.38. The monoisotopic (exact) mass is 251 g/mol. The normalized spacial score (nSPS) is 16.8. The molecule has 5 nitrogen and oxygen atoms in total. The zero-order chi connectivity index (χ0) is 13.0. The van der Waals surface area contributed by atoms with Crippen LogP contribution in [-0.4, -0.2) is 37.4 Å². The van der Waals surface area contributed by atoms with Gasteiger partial charge in [-0.3, -0.25) is 4.79 Å². The maximum atomic E-state index is 12.1. The summed E-state index contributed by atoms with van der Waals surface area (Å²) in [6.45, 7) is 2.71. The van der Waals surface area contributed by atoms with E-state index in [9.17, 15) is 9.90 Å². The van der Waals surface area contributed by atoms with Gasteiger partial charge in [-0.25, -0.2) is 0 Å². The van der Waals surface area contributed by atoms with Crippen molar-refractivity contribution in [1.29, 1.82) is 0 Å². The third-order valence-corrected chi connectivity index (χ3v) is 2.98. The Bertz CT molecular complexity index is 423. The first-order chi connectivity index (χ1) is 8.72. The van der Waals surface area contributed by atoms with Crippen LogP contribution in [0.25, 0.3) is 0 Å². The van der Waals surface area contributed by atoms with Gasteiger partial charge in [-0.05, 0) is 19.1 Å². The fraction of sp³-hybridized carbons (Fsp3) is 0.462. The zero-order valence-corrected chi connectivity index (χ0v) is 10.3. The molecule has 1 aliphatic heterocycles. The Balaban J connectivity index is 2.11. The number of anilines is 1. The summed E-state index contributed by atoms with van der Waals surface area (Å²) in [6.07, 6.45) is 0. The Morgan fingerprint density at radius 2 is 2.22 bits per heavy atom. The van der Waals surface area contributed by atoms with E-state index < -0.39 is 5.41 Å². The number of ether oxygens (including phenoxy) is 2. The topological polar surface area (TPSA) is 67.8 Å². The number of benzene rings is 1. The van der Waals surface area contributed by atoms with E-state index in [-0.39, 0.29) is 25.7 Å². The fourth-order valence-electron chi connectivity index (χ4n) is 1.75. The molecule has 2 rings (SSSR count). The Labute approximate surface area is 106 Å². The molecule has 2 N–H and O–H groups in total. The second kappa shape index (κ2) is 5.37. The van der Waals surface area contributed by atoms with Gasteiger partial charge in [-0.2, -0.15) is 0 Å². The van der Waals surface area contributed by atoms with Crippen molar-refractivity contribution in [2.75, 3.05) is 31.7 Å². The molecular formula is C13H17NO4. The number of para-hydroxylation sites is 2. The molecule has 98 valence electrons. The molecule has 1 aromatic rings. The van der Waals surface area contributed by atoms with Gasteiger partial charge in [0.05, 0.1) is 32.1 Å². The van der Waals surface area contributed by atoms with E-state index >= 15 is 0 Å². The second-order valence-electron chi connectivity index (χ2n) is 4.31. The van der Waals surface area contributed by atoms with Crippen LogP contribution < -0.4 is 10.1 Å². The number of hydrogen-bond donors (Lipinski definition) is 2. The molecule has 1 amide bonds. The van der Waals surface area contributed by atoms with Crippen molar-refractivity contribution in [3.8, 4) is 5.75 Å². The Hall–Kier alpha value is -1.59. The SMILES string of the molecule is CCOc1ccccc1NC(=O)C1(CO)COC1. The van der Waals surface area contributed by atoms with E-state index in [1.807, 2.05) is 19.1 Å². The molecule has 1 aliphatic rings. The van der Waals surface area contributed by atoms with E-state index in [2.05, 4.69) is 5.32 Å². The molecule has 18 heavy (non-hydrogen) atoms. The van der Waals surface area contributed by atoms with Gasteiger partial charge in [0, 0.05) is 0 Å². The van der Waals surface area contributed by atoms with Crippen LogP contribution in [0.2, 0.25) is 0 Å². The van der Waals surface area contributed by atoms with Gasteiger partial charge in [0.25, 0.3) is 0 Å². The number of aliphatic hydroxyl groups excluding tert-OH is 1. The van der Waals surface area contributed by atoms with Gasteiger partial charge in [-0.15, -0.1) is 0 Å². The van der Waals surface area contributed by atoms with E-state index in [0.717, 1.165) is 0 Å². The standard InChI is InChI=1S/C13H17NO4/c1-2-18-11-6-4-3-5-10(11)14-12(16)13(7-15)8-17-9-13/h3-6,15H,2,7-9H2,1H3,(H,14,16). The first-order valence-corrected chi connectivity index (χ1v) is 5.94. The van der Waals surface area contributed by atoms with Crippen molar-refractivity contribution in [2.45, 2.75) is 6.92 Å². The number of carbonyl (C=O) groups excluding carboxylic acids is 1. The summed E-state index contributed by atoms with van der Waals surface area (Å²) < 4.78 is 10.4. The van der Waals surface area contributed by atoms with Crippen molar-refractivity contribution in [1.82, 2.24) is 0 Å². The van der Waals surface area contributed by atoms with Gasteiger partial charge in [0.15, 0.2) is 0 Å². The number of amides is 1. The predicted molar refractivity (Wildman–Crippen MR) is 66.6 cm³/mol. The average Bonchev–Trinajstić information content (AvgIpc) is 2.31. The third-order valence-electron chi connectivity index (χ3n) is 2.98. The van der Waals surface area contributed by atoms with Crippen LogP contribution in [0.3, 0.4) is 0 Å². The van der Waals surface area contributed by atoms with Gasteiger partial charge in [0.1, 0.15) is 11.2 Å². The van der Waals surface area contributed by atoms with Crippen LogP contribution in [0.5, 0.6) is 5.75 Å². The lowest BCUT2D eigenvalue weighted by Crippen LogP contribution is -2.54. The highest BCUT2D eigenvalue weighted by Crippen LogP contribution is 2.31. The molecule has 0 bridgehead atoms. The Morgan fingerprint density at radius 1 is 1.50 bits per heavy atom. The molecule has 0 radical (unpaired) electrons. The summed E-state index contributed by atoms with van der Waals surface area (Å²) >= 11 is 0. The minimum atomic E-state index is -0.806. The molecule has 5 heteroatoms. The summed E-state index contributed by atoms with van der Waals surface area (Å²) in [4.78, 5) is 12.1. The van der Waals surface area contributed by atoms with E-state index in [1.54, 1.807) is 12.1 Å². The highest BCUT2D eigenvalue weighted by atomic mass is 16.5. The molecule has 0 unspecified atom stereocenters. The van der Waals surface area contributed by atoms with E-state index in [4.69, 9.17) is 9.47 Å². The maximum Gasteiger partial charge on any atom is 0.237 e. The smallest absolute Gasteiger partial charge is 0.237 e. The molecule has 1 saturated heterocycles. The van der Waals surface area contributed by atoms with Gasteiger partial charge < -0.3 is 19.9 Å². The van der Waals surface area contributed by atoms with Crippen LogP contribution >= 0.6 is 0 Å². The number of rotatable bonds is 5. The largest absolute Gasteiger partial charge is 0.492 e. The molecule has 0 saturated carbocycles. The summed E-state index contributed by atoms with van der Waals surface area (Å²) in [6, 6.07) is 7.23. The average molecular weight is 251 g/mol. The lowest BCUT2D eigenvalue weighted by molar-refractivity contribution is -0.164. The van der Waals surface area contributed by atoms with E-state index in [1.165, 1.54) is 0 Å². The quantitative estimate of drug-likeness (QED) is 0.820. The van der Waals surface area contributed by atoms with Gasteiger partial charge in [0.2, 0.25) is 5.91 Å². The minimum Gasteiger partial charge on any atom is -0.492 e. The Morgan fingerprint density at radius 3 is 2.78 bits per heavy atom. The van der Waals surface area contributed by atoms with Gasteiger partial charge >= 0.3 is 0 Å². The molecule has 0 aromatic heterocycles. The molecule has 1 aromatic carbocycles. The summed E-state index contributed by atoms with van der Waals surface area (Å²) in [5.41, 5.74) is -0.191. The van der Waals surface area contributed by atoms with Crippen LogP contribution in [0, 0.1) is 5.41 Å². The highest BCUT2D eigenvalue weighted by Gasteiger charge is 2.45. The molecule has 1 fully saturated rings. The number of carbonyl (C=O) groups is 1. The molecule has 0 spiro atoms. The van der Waals surface area contributed by atoms with Crippen molar-refractivity contribution < 1.29 is 19.4 Å². The summed E-state index contributed by atoms with van der Waals surface area (Å²) in [5, 5.41) is 12.1.